The van der Waals surface area contributed by atoms with Crippen molar-refractivity contribution in [1.29, 1.82) is 0 Å². The molecule has 0 saturated carbocycles. The summed E-state index contributed by atoms with van der Waals surface area (Å²) >= 11 is 0. The highest BCUT2D eigenvalue weighted by Gasteiger charge is 2.19. The zero-order valence-electron chi connectivity index (χ0n) is 11.8. The van der Waals surface area contributed by atoms with Crippen LogP contribution in [0, 0.1) is 0 Å². The largest absolute Gasteiger partial charge is 0.493 e. The molecule has 106 valence electrons. The average molecular weight is 267 g/mol. The van der Waals surface area contributed by atoms with Gasteiger partial charge < -0.3 is 14.6 Å². The predicted molar refractivity (Wildman–Crippen MR) is 72.7 cm³/mol. The third kappa shape index (κ3) is 3.86. The van der Waals surface area contributed by atoms with Crippen molar-refractivity contribution in [3.8, 4) is 11.5 Å². The molecule has 0 radical (unpaired) electrons. The number of benzene rings is 1. The second-order valence-electron chi connectivity index (χ2n) is 4.27. The van der Waals surface area contributed by atoms with Gasteiger partial charge >= 0.3 is 5.97 Å². The molecule has 1 rings (SSSR count). The fraction of sp³-hybridized carbons (Fsp3) is 0.500. The molecule has 19 heavy (non-hydrogen) atoms. The highest BCUT2D eigenvalue weighted by atomic mass is 16.5. The molecule has 0 aliphatic rings. The second kappa shape index (κ2) is 6.99. The van der Waals surface area contributed by atoms with Crippen LogP contribution in [0.4, 0.5) is 0 Å². The third-order valence-corrected chi connectivity index (χ3v) is 3.14. The molecule has 0 amide bonds. The molecule has 1 unspecified atom stereocenters. The fourth-order valence-corrected chi connectivity index (χ4v) is 1.89. The lowest BCUT2D eigenvalue weighted by Crippen LogP contribution is -2.38. The minimum atomic E-state index is -0.817. The van der Waals surface area contributed by atoms with Gasteiger partial charge in [-0.1, -0.05) is 13.0 Å². The van der Waals surface area contributed by atoms with Gasteiger partial charge in [0.25, 0.3) is 0 Å². The number of hydrogen-bond acceptors (Lipinski definition) is 4. The zero-order chi connectivity index (χ0) is 14.4. The molecule has 1 N–H and O–H groups in total. The summed E-state index contributed by atoms with van der Waals surface area (Å²) in [6, 6.07) is 5.10. The molecule has 0 bridgehead atoms. The van der Waals surface area contributed by atoms with Crippen LogP contribution < -0.4 is 9.47 Å². The van der Waals surface area contributed by atoms with Crippen LogP contribution in [-0.2, 0) is 11.3 Å². The maximum Gasteiger partial charge on any atom is 0.320 e. The van der Waals surface area contributed by atoms with Gasteiger partial charge in [0.15, 0.2) is 11.5 Å². The minimum absolute atomic E-state index is 0.516. The summed E-state index contributed by atoms with van der Waals surface area (Å²) in [5.74, 6) is 0.502. The van der Waals surface area contributed by atoms with E-state index in [1.54, 1.807) is 21.1 Å². The molecule has 0 fully saturated rings. The van der Waals surface area contributed by atoms with E-state index in [0.29, 0.717) is 24.6 Å². The van der Waals surface area contributed by atoms with Gasteiger partial charge in [-0.3, -0.25) is 9.69 Å². The van der Waals surface area contributed by atoms with Crippen LogP contribution in [0.2, 0.25) is 0 Å². The van der Waals surface area contributed by atoms with Gasteiger partial charge in [-0.15, -0.1) is 0 Å². The standard InChI is InChI=1S/C14H21NO4/c1-5-15(10(2)14(16)17)9-11-6-7-12(18-3)13(8-11)19-4/h6-8,10H,5,9H2,1-4H3,(H,16,17). The number of methoxy groups -OCH3 is 2. The van der Waals surface area contributed by atoms with Crippen molar-refractivity contribution in [3.05, 3.63) is 23.8 Å². The first-order valence-electron chi connectivity index (χ1n) is 6.21. The van der Waals surface area contributed by atoms with Gasteiger partial charge in [0.2, 0.25) is 0 Å². The summed E-state index contributed by atoms with van der Waals surface area (Å²) in [7, 11) is 3.17. The van der Waals surface area contributed by atoms with Crippen molar-refractivity contribution in [3.63, 3.8) is 0 Å². The SMILES string of the molecule is CCN(Cc1ccc(OC)c(OC)c1)C(C)C(=O)O. The normalized spacial score (nSPS) is 12.3. The molecule has 0 aliphatic heterocycles. The third-order valence-electron chi connectivity index (χ3n) is 3.14. The van der Waals surface area contributed by atoms with Gasteiger partial charge in [-0.2, -0.15) is 0 Å². The van der Waals surface area contributed by atoms with Crippen LogP contribution >= 0.6 is 0 Å². The van der Waals surface area contributed by atoms with Crippen molar-refractivity contribution in [2.45, 2.75) is 26.4 Å². The lowest BCUT2D eigenvalue weighted by Gasteiger charge is -2.24. The van der Waals surface area contributed by atoms with E-state index < -0.39 is 12.0 Å². The summed E-state index contributed by atoms with van der Waals surface area (Å²) in [5, 5.41) is 9.06. The van der Waals surface area contributed by atoms with Crippen molar-refractivity contribution in [2.75, 3.05) is 20.8 Å². The van der Waals surface area contributed by atoms with Gasteiger partial charge in [0, 0.05) is 6.54 Å². The zero-order valence-corrected chi connectivity index (χ0v) is 11.8. The Balaban J connectivity index is 2.88. The lowest BCUT2D eigenvalue weighted by atomic mass is 10.1. The van der Waals surface area contributed by atoms with E-state index in [9.17, 15) is 4.79 Å². The van der Waals surface area contributed by atoms with Gasteiger partial charge in [0.05, 0.1) is 14.2 Å². The summed E-state index contributed by atoms with van der Waals surface area (Å²) in [6.45, 7) is 4.86. The molecule has 0 saturated heterocycles. The Morgan fingerprint density at radius 1 is 1.32 bits per heavy atom. The number of hydrogen-bond donors (Lipinski definition) is 1. The molecule has 5 heteroatoms. The second-order valence-corrected chi connectivity index (χ2v) is 4.27. The number of rotatable bonds is 7. The Morgan fingerprint density at radius 2 is 1.95 bits per heavy atom. The van der Waals surface area contributed by atoms with Crippen LogP contribution in [0.25, 0.3) is 0 Å². The smallest absolute Gasteiger partial charge is 0.320 e. The maximum absolute atomic E-state index is 11.0. The molecule has 0 aromatic heterocycles. The van der Waals surface area contributed by atoms with E-state index >= 15 is 0 Å². The Morgan fingerprint density at radius 3 is 2.42 bits per heavy atom. The van der Waals surface area contributed by atoms with Crippen molar-refractivity contribution < 1.29 is 19.4 Å². The van der Waals surface area contributed by atoms with Crippen molar-refractivity contribution in [2.24, 2.45) is 0 Å². The number of carboxylic acids is 1. The van der Waals surface area contributed by atoms with Crippen LogP contribution in [0.1, 0.15) is 19.4 Å². The molecule has 1 aromatic carbocycles. The Hall–Kier alpha value is -1.75. The molecule has 1 aromatic rings. The van der Waals surface area contributed by atoms with Crippen LogP contribution in [0.3, 0.4) is 0 Å². The van der Waals surface area contributed by atoms with Crippen molar-refractivity contribution in [1.82, 2.24) is 4.90 Å². The molecule has 0 aliphatic carbocycles. The van der Waals surface area contributed by atoms with E-state index in [1.165, 1.54) is 0 Å². The van der Waals surface area contributed by atoms with E-state index in [4.69, 9.17) is 14.6 Å². The lowest BCUT2D eigenvalue weighted by molar-refractivity contribution is -0.142. The molecule has 0 heterocycles. The molecular weight excluding hydrogens is 246 g/mol. The number of aliphatic carboxylic acids is 1. The molecule has 0 spiro atoms. The van der Waals surface area contributed by atoms with Crippen LogP contribution in [-0.4, -0.2) is 42.8 Å². The predicted octanol–water partition coefficient (Wildman–Crippen LogP) is 2.00. The molecular formula is C14H21NO4. The van der Waals surface area contributed by atoms with Crippen molar-refractivity contribution >= 4 is 5.97 Å². The average Bonchev–Trinajstić information content (AvgIpc) is 2.43. The first kappa shape index (κ1) is 15.3. The van der Waals surface area contributed by atoms with E-state index in [-0.39, 0.29) is 0 Å². The highest BCUT2D eigenvalue weighted by molar-refractivity contribution is 5.72. The summed E-state index contributed by atoms with van der Waals surface area (Å²) in [5.41, 5.74) is 0.993. The topological polar surface area (TPSA) is 59.0 Å². The Bertz CT molecular complexity index is 433. The summed E-state index contributed by atoms with van der Waals surface area (Å²) < 4.78 is 10.4. The van der Waals surface area contributed by atoms with Gasteiger partial charge in [-0.05, 0) is 31.2 Å². The molecule has 1 atom stereocenters. The van der Waals surface area contributed by atoms with Crippen LogP contribution in [0.15, 0.2) is 18.2 Å². The number of carboxylic acid groups (broad SMARTS) is 1. The first-order valence-corrected chi connectivity index (χ1v) is 6.21. The summed E-state index contributed by atoms with van der Waals surface area (Å²) in [4.78, 5) is 12.9. The fourth-order valence-electron chi connectivity index (χ4n) is 1.89. The number of nitrogens with zero attached hydrogens (tertiary/aromatic N) is 1. The molecule has 5 nitrogen and oxygen atoms in total. The number of ether oxygens (including phenoxy) is 2. The van der Waals surface area contributed by atoms with Gasteiger partial charge in [0.1, 0.15) is 6.04 Å². The number of likely N-dealkylation sites (N-methyl/N-ethyl adjacent to an activating group) is 1. The number of carbonyl (C=O) groups is 1. The van der Waals surface area contributed by atoms with E-state index in [0.717, 1.165) is 5.56 Å². The van der Waals surface area contributed by atoms with Gasteiger partial charge in [-0.25, -0.2) is 0 Å². The Kier molecular flexibility index (Phi) is 5.63. The quantitative estimate of drug-likeness (QED) is 0.818. The van der Waals surface area contributed by atoms with E-state index in [2.05, 4.69) is 0 Å². The van der Waals surface area contributed by atoms with Crippen LogP contribution in [0.5, 0.6) is 11.5 Å². The Labute approximate surface area is 113 Å². The van der Waals surface area contributed by atoms with E-state index in [1.807, 2.05) is 30.0 Å². The monoisotopic (exact) mass is 267 g/mol. The first-order chi connectivity index (χ1) is 9.03. The summed E-state index contributed by atoms with van der Waals surface area (Å²) in [6.07, 6.45) is 0. The minimum Gasteiger partial charge on any atom is -0.493 e. The highest BCUT2D eigenvalue weighted by Crippen LogP contribution is 2.28. The maximum atomic E-state index is 11.0.